The smallest absolute Gasteiger partial charge is 0.136 e. The van der Waals surface area contributed by atoms with E-state index in [1.807, 2.05) is 37.4 Å². The number of furan rings is 1. The van der Waals surface area contributed by atoms with Crippen LogP contribution in [-0.4, -0.2) is 20.7 Å². The lowest BCUT2D eigenvalue weighted by Crippen LogP contribution is -2.58. The lowest BCUT2D eigenvalue weighted by Gasteiger charge is -2.49. The summed E-state index contributed by atoms with van der Waals surface area (Å²) in [6.07, 6.45) is 6.39. The van der Waals surface area contributed by atoms with E-state index in [1.165, 1.54) is 0 Å². The number of hydrogen-bond acceptors (Lipinski definition) is 7. The fourth-order valence-corrected chi connectivity index (χ4v) is 6.80. The van der Waals surface area contributed by atoms with E-state index in [1.54, 1.807) is 35.2 Å². The molecule has 1 aliphatic carbocycles. The van der Waals surface area contributed by atoms with Gasteiger partial charge in [-0.1, -0.05) is 54.6 Å². The number of aliphatic hydroxyl groups is 1. The van der Waals surface area contributed by atoms with Gasteiger partial charge < -0.3 is 15.3 Å². The first-order valence-electron chi connectivity index (χ1n) is 11.1. The molecule has 0 bridgehead atoms. The molecular weight excluding hydrogens is 462 g/mol. The quantitative estimate of drug-likeness (QED) is 0.294. The van der Waals surface area contributed by atoms with Gasteiger partial charge in [0.1, 0.15) is 16.3 Å². The standard InChI is InChI=1S/C27H23N3O2S2/c1-26(31)15-27(28,16-26)20-9-7-17(8-10-20)22-23(18-5-3-2-4-6-18)34-25(30-22)21-13-29-24(33-21)19-11-12-32-14-19/h2-14,31H,15-16,28H2,1H3/t26-,27+. The highest BCUT2D eigenvalue weighted by atomic mass is 32.1. The van der Waals surface area contributed by atoms with E-state index in [-0.39, 0.29) is 0 Å². The highest BCUT2D eigenvalue weighted by molar-refractivity contribution is 7.25. The molecule has 7 heteroatoms. The second-order valence-electron chi connectivity index (χ2n) is 9.19. The van der Waals surface area contributed by atoms with Gasteiger partial charge in [-0.05, 0) is 37.0 Å². The van der Waals surface area contributed by atoms with Crippen LogP contribution in [0.2, 0.25) is 0 Å². The van der Waals surface area contributed by atoms with Gasteiger partial charge in [0.25, 0.3) is 0 Å². The highest BCUT2D eigenvalue weighted by Gasteiger charge is 2.49. The predicted octanol–water partition coefficient (Wildman–Crippen LogP) is 6.56. The molecule has 6 rings (SSSR count). The molecule has 3 heterocycles. The van der Waals surface area contributed by atoms with Gasteiger partial charge in [-0.25, -0.2) is 9.97 Å². The van der Waals surface area contributed by atoms with Crippen LogP contribution in [0.5, 0.6) is 0 Å². The third kappa shape index (κ3) is 3.80. The predicted molar refractivity (Wildman–Crippen MR) is 138 cm³/mol. The molecule has 0 saturated heterocycles. The summed E-state index contributed by atoms with van der Waals surface area (Å²) in [5, 5.41) is 12.0. The van der Waals surface area contributed by atoms with Gasteiger partial charge >= 0.3 is 0 Å². The average molecular weight is 486 g/mol. The summed E-state index contributed by atoms with van der Waals surface area (Å²) in [6, 6.07) is 20.6. The monoisotopic (exact) mass is 485 g/mol. The zero-order valence-electron chi connectivity index (χ0n) is 18.6. The molecule has 2 aromatic carbocycles. The molecule has 0 radical (unpaired) electrons. The van der Waals surface area contributed by atoms with Crippen molar-refractivity contribution >= 4 is 22.7 Å². The average Bonchev–Trinajstić information content (AvgIpc) is 3.58. The van der Waals surface area contributed by atoms with Gasteiger partial charge in [-0.15, -0.1) is 22.7 Å². The topological polar surface area (TPSA) is 85.2 Å². The fourth-order valence-electron chi connectivity index (χ4n) is 4.77. The number of thiazole rings is 2. The van der Waals surface area contributed by atoms with Gasteiger partial charge in [0.15, 0.2) is 0 Å². The van der Waals surface area contributed by atoms with E-state index in [2.05, 4.69) is 41.4 Å². The van der Waals surface area contributed by atoms with Crippen molar-refractivity contribution in [1.29, 1.82) is 0 Å². The summed E-state index contributed by atoms with van der Waals surface area (Å²) in [5.41, 5.74) is 10.5. The summed E-state index contributed by atoms with van der Waals surface area (Å²) in [6.45, 7) is 1.84. The summed E-state index contributed by atoms with van der Waals surface area (Å²) in [4.78, 5) is 11.8. The van der Waals surface area contributed by atoms with Crippen molar-refractivity contribution in [2.24, 2.45) is 5.73 Å². The Kier molecular flexibility index (Phi) is 5.04. The van der Waals surface area contributed by atoms with Crippen molar-refractivity contribution in [3.8, 4) is 42.2 Å². The molecule has 3 aromatic heterocycles. The lowest BCUT2D eigenvalue weighted by atomic mass is 9.63. The minimum absolute atomic E-state index is 0.469. The molecule has 5 nitrogen and oxygen atoms in total. The Morgan fingerprint density at radius 1 is 0.912 bits per heavy atom. The molecule has 0 amide bonds. The maximum absolute atomic E-state index is 10.2. The number of hydrogen-bond donors (Lipinski definition) is 2. The van der Waals surface area contributed by atoms with Crippen molar-refractivity contribution < 1.29 is 9.52 Å². The van der Waals surface area contributed by atoms with Crippen LogP contribution in [0.25, 0.3) is 42.2 Å². The van der Waals surface area contributed by atoms with Crippen LogP contribution in [0.3, 0.4) is 0 Å². The van der Waals surface area contributed by atoms with Gasteiger partial charge in [0.05, 0.1) is 27.3 Å². The van der Waals surface area contributed by atoms with Crippen molar-refractivity contribution in [3.63, 3.8) is 0 Å². The Bertz CT molecular complexity index is 1430. The number of aromatic nitrogens is 2. The minimum atomic E-state index is -0.679. The summed E-state index contributed by atoms with van der Waals surface area (Å²) >= 11 is 3.28. The van der Waals surface area contributed by atoms with Crippen LogP contribution in [-0.2, 0) is 5.54 Å². The van der Waals surface area contributed by atoms with Gasteiger partial charge in [-0.2, -0.15) is 0 Å². The number of benzene rings is 2. The molecule has 3 N–H and O–H groups in total. The molecule has 0 aliphatic heterocycles. The Morgan fingerprint density at radius 3 is 2.35 bits per heavy atom. The fraction of sp³-hybridized carbons (Fsp3) is 0.185. The highest BCUT2D eigenvalue weighted by Crippen LogP contribution is 2.47. The molecule has 34 heavy (non-hydrogen) atoms. The van der Waals surface area contributed by atoms with E-state index in [0.717, 1.165) is 47.7 Å². The van der Waals surface area contributed by atoms with Crippen LogP contribution in [0.15, 0.2) is 83.8 Å². The second-order valence-corrected chi connectivity index (χ2v) is 11.2. The van der Waals surface area contributed by atoms with Gasteiger partial charge in [-0.3, -0.25) is 0 Å². The van der Waals surface area contributed by atoms with Crippen molar-refractivity contribution in [1.82, 2.24) is 9.97 Å². The van der Waals surface area contributed by atoms with E-state index in [0.29, 0.717) is 12.8 Å². The zero-order chi connectivity index (χ0) is 23.3. The number of nitrogens with two attached hydrogens (primary N) is 1. The van der Waals surface area contributed by atoms with Crippen molar-refractivity contribution in [2.45, 2.75) is 30.9 Å². The minimum Gasteiger partial charge on any atom is -0.472 e. The normalized spacial score (nSPS) is 22.0. The first-order chi connectivity index (χ1) is 16.4. The van der Waals surface area contributed by atoms with Gasteiger partial charge in [0.2, 0.25) is 0 Å². The largest absolute Gasteiger partial charge is 0.472 e. The molecule has 5 aromatic rings. The van der Waals surface area contributed by atoms with Crippen LogP contribution in [0, 0.1) is 0 Å². The molecule has 0 atom stereocenters. The Hall–Kier alpha value is -3.10. The molecule has 1 fully saturated rings. The second kappa shape index (κ2) is 7.99. The van der Waals surface area contributed by atoms with Crippen LogP contribution in [0.4, 0.5) is 0 Å². The van der Waals surface area contributed by atoms with E-state index in [9.17, 15) is 5.11 Å². The molecule has 0 unspecified atom stereocenters. The number of nitrogens with zero attached hydrogens (tertiary/aromatic N) is 2. The van der Waals surface area contributed by atoms with Crippen LogP contribution >= 0.6 is 22.7 Å². The van der Waals surface area contributed by atoms with Crippen molar-refractivity contribution in [2.75, 3.05) is 0 Å². The first kappa shape index (κ1) is 21.4. The van der Waals surface area contributed by atoms with Crippen molar-refractivity contribution in [3.05, 3.63) is 85.0 Å². The molecule has 170 valence electrons. The van der Waals surface area contributed by atoms with Crippen LogP contribution < -0.4 is 5.73 Å². The van der Waals surface area contributed by atoms with E-state index < -0.39 is 11.1 Å². The molecule has 1 aliphatic rings. The molecular formula is C27H23N3O2S2. The summed E-state index contributed by atoms with van der Waals surface area (Å²) < 4.78 is 5.21. The Labute approximate surface area is 205 Å². The Morgan fingerprint density at radius 2 is 1.68 bits per heavy atom. The van der Waals surface area contributed by atoms with Gasteiger partial charge in [0, 0.05) is 22.9 Å². The first-order valence-corrected chi connectivity index (χ1v) is 12.7. The third-order valence-corrected chi connectivity index (χ3v) is 8.59. The summed E-state index contributed by atoms with van der Waals surface area (Å²) in [7, 11) is 0. The number of rotatable bonds is 5. The summed E-state index contributed by atoms with van der Waals surface area (Å²) in [5.74, 6) is 0. The lowest BCUT2D eigenvalue weighted by molar-refractivity contribution is -0.0738. The maximum Gasteiger partial charge on any atom is 0.136 e. The SMILES string of the molecule is C[C@]1(O)C[C@](N)(c2ccc(-c3nc(-c4cnc(-c5ccoc5)s4)sc3-c3ccccc3)cc2)C1. The van der Waals surface area contributed by atoms with E-state index >= 15 is 0 Å². The third-order valence-electron chi connectivity index (χ3n) is 6.27. The van der Waals surface area contributed by atoms with E-state index in [4.69, 9.17) is 15.1 Å². The maximum atomic E-state index is 10.2. The molecule has 0 spiro atoms. The zero-order valence-corrected chi connectivity index (χ0v) is 20.2. The Balaban J connectivity index is 1.39. The van der Waals surface area contributed by atoms with Crippen LogP contribution in [0.1, 0.15) is 25.3 Å². The molecule has 1 saturated carbocycles.